The zero-order valence-corrected chi connectivity index (χ0v) is 14.7. The summed E-state index contributed by atoms with van der Waals surface area (Å²) in [5.41, 5.74) is 3.13. The van der Waals surface area contributed by atoms with Gasteiger partial charge in [-0.2, -0.15) is 0 Å². The summed E-state index contributed by atoms with van der Waals surface area (Å²) in [4.78, 5) is 25.6. The molecule has 1 heterocycles. The largest absolute Gasteiger partial charge is 0.497 e. The molecule has 24 heavy (non-hydrogen) atoms. The van der Waals surface area contributed by atoms with Crippen LogP contribution < -0.4 is 9.64 Å². The van der Waals surface area contributed by atoms with Gasteiger partial charge in [-0.25, -0.2) is 0 Å². The Hall–Kier alpha value is -2.40. The van der Waals surface area contributed by atoms with Gasteiger partial charge in [0.05, 0.1) is 25.8 Å². The number of methoxy groups -OCH3 is 1. The van der Waals surface area contributed by atoms with Crippen molar-refractivity contribution in [2.24, 2.45) is 0 Å². The molecule has 0 radical (unpaired) electrons. The van der Waals surface area contributed by atoms with Crippen molar-refractivity contribution in [2.45, 2.75) is 13.0 Å². The molecule has 0 spiro atoms. The summed E-state index contributed by atoms with van der Waals surface area (Å²) < 4.78 is 6.05. The summed E-state index contributed by atoms with van der Waals surface area (Å²) in [5, 5.41) is 0. The molecule has 0 N–H and O–H groups in total. The molecule has 2 aromatic rings. The molecule has 5 heteroatoms. The van der Waals surface area contributed by atoms with Gasteiger partial charge in [0.1, 0.15) is 12.0 Å². The van der Waals surface area contributed by atoms with Crippen molar-refractivity contribution in [3.8, 4) is 5.75 Å². The summed E-state index contributed by atoms with van der Waals surface area (Å²) in [6, 6.07) is 13.3. The van der Waals surface area contributed by atoms with E-state index in [1.807, 2.05) is 42.5 Å². The van der Waals surface area contributed by atoms with Crippen LogP contribution in [0.25, 0.3) is 6.08 Å². The Morgan fingerprint density at radius 3 is 2.62 bits per heavy atom. The summed E-state index contributed by atoms with van der Waals surface area (Å²) in [5.74, 6) is 0.676. The van der Waals surface area contributed by atoms with Gasteiger partial charge in [-0.3, -0.25) is 9.59 Å². The first kappa shape index (κ1) is 16.5. The SMILES string of the molecule is COc1ccc(CN2C(=O)CC(C=O)=Cc3ccc(Br)cc32)cc1. The Bertz CT molecular complexity index is 812. The van der Waals surface area contributed by atoms with E-state index in [1.54, 1.807) is 18.1 Å². The molecule has 1 aliphatic heterocycles. The Morgan fingerprint density at radius 1 is 1.21 bits per heavy atom. The molecular formula is C19H16BrNO3. The van der Waals surface area contributed by atoms with Crippen molar-refractivity contribution in [3.63, 3.8) is 0 Å². The van der Waals surface area contributed by atoms with Crippen LogP contribution in [0.4, 0.5) is 5.69 Å². The van der Waals surface area contributed by atoms with Gasteiger partial charge in [0, 0.05) is 10.0 Å². The Kier molecular flexibility index (Phi) is 4.81. The molecule has 0 fully saturated rings. The maximum Gasteiger partial charge on any atom is 0.231 e. The number of anilines is 1. The number of aldehydes is 1. The van der Waals surface area contributed by atoms with Crippen LogP contribution in [0.5, 0.6) is 5.75 Å². The van der Waals surface area contributed by atoms with Gasteiger partial charge in [-0.1, -0.05) is 34.1 Å². The van der Waals surface area contributed by atoms with E-state index in [4.69, 9.17) is 4.74 Å². The summed E-state index contributed by atoms with van der Waals surface area (Å²) in [6.45, 7) is 0.437. The molecule has 1 amide bonds. The Morgan fingerprint density at radius 2 is 1.96 bits per heavy atom. The molecule has 2 aromatic carbocycles. The lowest BCUT2D eigenvalue weighted by molar-refractivity contribution is -0.118. The zero-order chi connectivity index (χ0) is 17.1. The van der Waals surface area contributed by atoms with Crippen LogP contribution >= 0.6 is 15.9 Å². The number of carbonyl (C=O) groups is 2. The van der Waals surface area contributed by atoms with Crippen LogP contribution in [-0.2, 0) is 16.1 Å². The van der Waals surface area contributed by atoms with E-state index in [-0.39, 0.29) is 12.3 Å². The second-order valence-corrected chi connectivity index (χ2v) is 6.46. The van der Waals surface area contributed by atoms with Crippen LogP contribution in [0.3, 0.4) is 0 Å². The Balaban J connectivity index is 1.99. The zero-order valence-electron chi connectivity index (χ0n) is 13.2. The minimum Gasteiger partial charge on any atom is -0.497 e. The van der Waals surface area contributed by atoms with E-state index in [9.17, 15) is 9.59 Å². The van der Waals surface area contributed by atoms with Gasteiger partial charge in [-0.05, 0) is 41.5 Å². The number of hydrogen-bond acceptors (Lipinski definition) is 3. The first-order valence-corrected chi connectivity index (χ1v) is 8.28. The number of benzene rings is 2. The van der Waals surface area contributed by atoms with Crippen LogP contribution in [0, 0.1) is 0 Å². The fraction of sp³-hybridized carbons (Fsp3) is 0.158. The predicted octanol–water partition coefficient (Wildman–Crippen LogP) is 3.98. The van der Waals surface area contributed by atoms with Crippen LogP contribution in [0.1, 0.15) is 17.5 Å². The third kappa shape index (κ3) is 3.41. The average molecular weight is 386 g/mol. The summed E-state index contributed by atoms with van der Waals surface area (Å²) in [7, 11) is 1.62. The third-order valence-electron chi connectivity index (χ3n) is 3.93. The minimum atomic E-state index is -0.0963. The highest BCUT2D eigenvalue weighted by Crippen LogP contribution is 2.32. The van der Waals surface area contributed by atoms with Gasteiger partial charge in [0.25, 0.3) is 0 Å². The molecule has 0 saturated heterocycles. The van der Waals surface area contributed by atoms with E-state index >= 15 is 0 Å². The third-order valence-corrected chi connectivity index (χ3v) is 4.42. The second-order valence-electron chi connectivity index (χ2n) is 5.54. The van der Waals surface area contributed by atoms with Crippen LogP contribution in [-0.4, -0.2) is 19.3 Å². The number of carbonyl (C=O) groups excluding carboxylic acids is 2. The fourth-order valence-corrected chi connectivity index (χ4v) is 3.04. The van der Waals surface area contributed by atoms with Crippen molar-refractivity contribution in [2.75, 3.05) is 12.0 Å². The standard InChI is InChI=1S/C19H16BrNO3/c1-24-17-6-2-13(3-7-17)11-21-18-10-16(20)5-4-15(18)8-14(12-22)9-19(21)23/h2-8,10,12H,9,11H2,1H3. The Labute approximate surface area is 148 Å². The molecule has 122 valence electrons. The first-order chi connectivity index (χ1) is 11.6. The number of amides is 1. The lowest BCUT2D eigenvalue weighted by atomic mass is 10.1. The number of fused-ring (bicyclic) bond motifs is 1. The highest BCUT2D eigenvalue weighted by atomic mass is 79.9. The molecule has 4 nitrogen and oxygen atoms in total. The van der Waals surface area contributed by atoms with E-state index < -0.39 is 0 Å². The average Bonchev–Trinajstić information content (AvgIpc) is 2.72. The maximum atomic E-state index is 12.7. The predicted molar refractivity (Wildman–Crippen MR) is 97.0 cm³/mol. The van der Waals surface area contributed by atoms with Crippen LogP contribution in [0.2, 0.25) is 0 Å². The monoisotopic (exact) mass is 385 g/mol. The molecule has 0 aromatic heterocycles. The van der Waals surface area contributed by atoms with E-state index in [0.29, 0.717) is 12.1 Å². The smallest absolute Gasteiger partial charge is 0.231 e. The van der Waals surface area contributed by atoms with Crippen molar-refractivity contribution in [3.05, 3.63) is 63.6 Å². The van der Waals surface area contributed by atoms with Gasteiger partial charge in [0.15, 0.2) is 0 Å². The van der Waals surface area contributed by atoms with Crippen molar-refractivity contribution < 1.29 is 14.3 Å². The minimum absolute atomic E-state index is 0.0963. The van der Waals surface area contributed by atoms with Gasteiger partial charge < -0.3 is 9.64 Å². The summed E-state index contributed by atoms with van der Waals surface area (Å²) in [6.07, 6.45) is 2.63. The van der Waals surface area contributed by atoms with E-state index in [1.165, 1.54) is 0 Å². The number of nitrogens with zero attached hydrogens (tertiary/aromatic N) is 1. The van der Waals surface area contributed by atoms with Gasteiger partial charge in [0.2, 0.25) is 5.91 Å². The number of ether oxygens (including phenoxy) is 1. The van der Waals surface area contributed by atoms with Crippen LogP contribution in [0.15, 0.2) is 52.5 Å². The topological polar surface area (TPSA) is 46.6 Å². The molecule has 0 atom stereocenters. The van der Waals surface area contributed by atoms with E-state index in [0.717, 1.165) is 33.3 Å². The maximum absolute atomic E-state index is 12.7. The molecule has 0 saturated carbocycles. The molecule has 3 rings (SSSR count). The highest BCUT2D eigenvalue weighted by molar-refractivity contribution is 9.10. The lowest BCUT2D eigenvalue weighted by Crippen LogP contribution is -2.30. The highest BCUT2D eigenvalue weighted by Gasteiger charge is 2.23. The second kappa shape index (κ2) is 7.01. The molecule has 0 aliphatic carbocycles. The van der Waals surface area contributed by atoms with Crippen molar-refractivity contribution in [1.29, 1.82) is 0 Å². The van der Waals surface area contributed by atoms with E-state index in [2.05, 4.69) is 15.9 Å². The van der Waals surface area contributed by atoms with Crippen molar-refractivity contribution in [1.82, 2.24) is 0 Å². The summed E-state index contributed by atoms with van der Waals surface area (Å²) >= 11 is 3.46. The first-order valence-electron chi connectivity index (χ1n) is 7.49. The van der Waals surface area contributed by atoms with Gasteiger partial charge in [-0.15, -0.1) is 0 Å². The number of hydrogen-bond donors (Lipinski definition) is 0. The lowest BCUT2D eigenvalue weighted by Gasteiger charge is -2.23. The molecular weight excluding hydrogens is 370 g/mol. The fourth-order valence-electron chi connectivity index (χ4n) is 2.69. The quantitative estimate of drug-likeness (QED) is 0.747. The molecule has 0 unspecified atom stereocenters. The number of halogens is 1. The number of rotatable bonds is 4. The van der Waals surface area contributed by atoms with Gasteiger partial charge >= 0.3 is 0 Å². The normalized spacial score (nSPS) is 13.8. The van der Waals surface area contributed by atoms with Crippen molar-refractivity contribution >= 4 is 39.9 Å². The molecule has 0 bridgehead atoms. The molecule has 1 aliphatic rings.